The fourth-order valence-electron chi connectivity index (χ4n) is 1.78. The molecule has 1 aliphatic heterocycles. The van der Waals surface area contributed by atoms with Crippen LogP contribution in [0.2, 0.25) is 0 Å². The molecule has 3 N–H and O–H groups in total. The topological polar surface area (TPSA) is 64.4 Å². The first-order chi connectivity index (χ1) is 7.07. The van der Waals surface area contributed by atoms with Gasteiger partial charge in [-0.3, -0.25) is 4.79 Å². The SMILES string of the molecule is CCC[C@@H](N)C(=O)NC1(C)CCOCC1. The zero-order valence-electron chi connectivity index (χ0n) is 9.71. The van der Waals surface area contributed by atoms with Gasteiger partial charge in [-0.2, -0.15) is 0 Å². The summed E-state index contributed by atoms with van der Waals surface area (Å²) in [5.74, 6) is -0.0266. The number of nitrogens with one attached hydrogen (secondary N) is 1. The molecule has 1 heterocycles. The third-order valence-corrected chi connectivity index (χ3v) is 2.96. The van der Waals surface area contributed by atoms with Gasteiger partial charge in [-0.15, -0.1) is 0 Å². The number of amides is 1. The number of hydrogen-bond donors (Lipinski definition) is 2. The average Bonchev–Trinajstić information content (AvgIpc) is 2.18. The zero-order chi connectivity index (χ0) is 11.3. The largest absolute Gasteiger partial charge is 0.381 e. The van der Waals surface area contributed by atoms with E-state index >= 15 is 0 Å². The van der Waals surface area contributed by atoms with Crippen molar-refractivity contribution in [2.45, 2.75) is 51.1 Å². The summed E-state index contributed by atoms with van der Waals surface area (Å²) in [7, 11) is 0. The highest BCUT2D eigenvalue weighted by molar-refractivity contribution is 5.82. The Kier molecular flexibility index (Phi) is 4.54. The van der Waals surface area contributed by atoms with Crippen LogP contribution < -0.4 is 11.1 Å². The van der Waals surface area contributed by atoms with E-state index in [1.165, 1.54) is 0 Å². The number of carbonyl (C=O) groups excluding carboxylic acids is 1. The predicted octanol–water partition coefficient (Wildman–Crippen LogP) is 0.799. The van der Waals surface area contributed by atoms with E-state index in [1.54, 1.807) is 0 Å². The van der Waals surface area contributed by atoms with Crippen molar-refractivity contribution in [3.8, 4) is 0 Å². The quantitative estimate of drug-likeness (QED) is 0.727. The molecule has 0 aromatic rings. The summed E-state index contributed by atoms with van der Waals surface area (Å²) >= 11 is 0. The van der Waals surface area contributed by atoms with Crippen molar-refractivity contribution < 1.29 is 9.53 Å². The number of carbonyl (C=O) groups is 1. The van der Waals surface area contributed by atoms with Gasteiger partial charge in [0.25, 0.3) is 0 Å². The van der Waals surface area contributed by atoms with Crippen LogP contribution in [-0.2, 0) is 9.53 Å². The molecule has 1 aliphatic rings. The Morgan fingerprint density at radius 3 is 2.67 bits per heavy atom. The van der Waals surface area contributed by atoms with Gasteiger partial charge in [0.2, 0.25) is 5.91 Å². The van der Waals surface area contributed by atoms with Gasteiger partial charge in [-0.05, 0) is 26.2 Å². The van der Waals surface area contributed by atoms with Crippen LogP contribution in [-0.4, -0.2) is 30.7 Å². The Hall–Kier alpha value is -0.610. The molecule has 88 valence electrons. The fourth-order valence-corrected chi connectivity index (χ4v) is 1.78. The fraction of sp³-hybridized carbons (Fsp3) is 0.909. The molecule has 0 unspecified atom stereocenters. The molecule has 4 heteroatoms. The molecule has 0 aliphatic carbocycles. The van der Waals surface area contributed by atoms with Crippen molar-refractivity contribution in [1.82, 2.24) is 5.32 Å². The molecule has 0 aromatic carbocycles. The van der Waals surface area contributed by atoms with Gasteiger partial charge in [-0.1, -0.05) is 13.3 Å². The van der Waals surface area contributed by atoms with E-state index < -0.39 is 0 Å². The summed E-state index contributed by atoms with van der Waals surface area (Å²) in [6, 6.07) is -0.366. The lowest BCUT2D eigenvalue weighted by molar-refractivity contribution is -0.125. The first-order valence-corrected chi connectivity index (χ1v) is 5.73. The Bertz CT molecular complexity index is 213. The number of ether oxygens (including phenoxy) is 1. The minimum atomic E-state index is -0.366. The van der Waals surface area contributed by atoms with Crippen molar-refractivity contribution in [3.63, 3.8) is 0 Å². The molecule has 1 fully saturated rings. The molecule has 4 nitrogen and oxygen atoms in total. The van der Waals surface area contributed by atoms with Crippen LogP contribution >= 0.6 is 0 Å². The molecule has 0 saturated carbocycles. The highest BCUT2D eigenvalue weighted by Gasteiger charge is 2.30. The highest BCUT2D eigenvalue weighted by Crippen LogP contribution is 2.19. The molecule has 0 aromatic heterocycles. The average molecular weight is 214 g/mol. The standard InChI is InChI=1S/C11H22N2O2/c1-3-4-9(12)10(14)13-11(2)5-7-15-8-6-11/h9H,3-8,12H2,1-2H3,(H,13,14)/t9-/m1/s1. The molecule has 1 rings (SSSR count). The van der Waals surface area contributed by atoms with Crippen LogP contribution in [0.1, 0.15) is 39.5 Å². The van der Waals surface area contributed by atoms with Crippen molar-refractivity contribution >= 4 is 5.91 Å². The van der Waals surface area contributed by atoms with Crippen LogP contribution in [0, 0.1) is 0 Å². The lowest BCUT2D eigenvalue weighted by atomic mass is 9.92. The van der Waals surface area contributed by atoms with E-state index in [-0.39, 0.29) is 17.5 Å². The molecular formula is C11H22N2O2. The lowest BCUT2D eigenvalue weighted by Gasteiger charge is -2.35. The van der Waals surface area contributed by atoms with Gasteiger partial charge in [0.1, 0.15) is 0 Å². The second kappa shape index (κ2) is 5.47. The zero-order valence-corrected chi connectivity index (χ0v) is 9.71. The van der Waals surface area contributed by atoms with Crippen molar-refractivity contribution in [2.24, 2.45) is 5.73 Å². The third-order valence-electron chi connectivity index (χ3n) is 2.96. The summed E-state index contributed by atoms with van der Waals surface area (Å²) in [6.45, 7) is 5.54. The maximum atomic E-state index is 11.7. The van der Waals surface area contributed by atoms with Crippen LogP contribution in [0.4, 0.5) is 0 Å². The van der Waals surface area contributed by atoms with Crippen LogP contribution in [0.15, 0.2) is 0 Å². The Morgan fingerprint density at radius 1 is 1.53 bits per heavy atom. The highest BCUT2D eigenvalue weighted by atomic mass is 16.5. The van der Waals surface area contributed by atoms with E-state index in [2.05, 4.69) is 12.2 Å². The molecule has 0 radical (unpaired) electrons. The van der Waals surface area contributed by atoms with Crippen LogP contribution in [0.3, 0.4) is 0 Å². The second-order valence-electron chi connectivity index (χ2n) is 4.56. The Balaban J connectivity index is 2.41. The van der Waals surface area contributed by atoms with Gasteiger partial charge >= 0.3 is 0 Å². The minimum absolute atomic E-state index is 0.0266. The maximum absolute atomic E-state index is 11.7. The van der Waals surface area contributed by atoms with Crippen molar-refractivity contribution in [1.29, 1.82) is 0 Å². The maximum Gasteiger partial charge on any atom is 0.237 e. The molecule has 1 atom stereocenters. The van der Waals surface area contributed by atoms with Gasteiger partial charge in [0, 0.05) is 18.8 Å². The van der Waals surface area contributed by atoms with E-state index in [1.807, 2.05) is 6.92 Å². The van der Waals surface area contributed by atoms with E-state index in [9.17, 15) is 4.79 Å². The van der Waals surface area contributed by atoms with E-state index in [0.717, 1.165) is 38.9 Å². The first-order valence-electron chi connectivity index (χ1n) is 5.73. The molecule has 1 saturated heterocycles. The Labute approximate surface area is 91.5 Å². The van der Waals surface area contributed by atoms with E-state index in [4.69, 9.17) is 10.5 Å². The summed E-state index contributed by atoms with van der Waals surface area (Å²) in [5, 5.41) is 3.04. The van der Waals surface area contributed by atoms with Crippen LogP contribution in [0.25, 0.3) is 0 Å². The van der Waals surface area contributed by atoms with E-state index in [0.29, 0.717) is 0 Å². The monoisotopic (exact) mass is 214 g/mol. The van der Waals surface area contributed by atoms with Crippen molar-refractivity contribution in [3.05, 3.63) is 0 Å². The number of nitrogens with two attached hydrogens (primary N) is 1. The summed E-state index contributed by atoms with van der Waals surface area (Å²) in [4.78, 5) is 11.7. The summed E-state index contributed by atoms with van der Waals surface area (Å²) in [5.41, 5.74) is 5.64. The number of hydrogen-bond acceptors (Lipinski definition) is 3. The molecule has 1 amide bonds. The third kappa shape index (κ3) is 3.80. The van der Waals surface area contributed by atoms with Gasteiger partial charge in [0.05, 0.1) is 6.04 Å². The smallest absolute Gasteiger partial charge is 0.237 e. The Morgan fingerprint density at radius 2 is 2.13 bits per heavy atom. The van der Waals surface area contributed by atoms with Crippen LogP contribution in [0.5, 0.6) is 0 Å². The minimum Gasteiger partial charge on any atom is -0.381 e. The molecular weight excluding hydrogens is 192 g/mol. The summed E-state index contributed by atoms with van der Waals surface area (Å²) < 4.78 is 5.27. The molecule has 0 spiro atoms. The molecule has 15 heavy (non-hydrogen) atoms. The normalized spacial score (nSPS) is 22.1. The predicted molar refractivity (Wildman–Crippen MR) is 59.5 cm³/mol. The van der Waals surface area contributed by atoms with Gasteiger partial charge in [0.15, 0.2) is 0 Å². The van der Waals surface area contributed by atoms with Gasteiger partial charge < -0.3 is 15.8 Å². The van der Waals surface area contributed by atoms with Gasteiger partial charge in [-0.25, -0.2) is 0 Å². The lowest BCUT2D eigenvalue weighted by Crippen LogP contribution is -2.54. The second-order valence-corrected chi connectivity index (χ2v) is 4.56. The summed E-state index contributed by atoms with van der Waals surface area (Å²) in [6.07, 6.45) is 3.43. The molecule has 0 bridgehead atoms. The number of rotatable bonds is 4. The van der Waals surface area contributed by atoms with Crippen molar-refractivity contribution in [2.75, 3.05) is 13.2 Å². The first kappa shape index (κ1) is 12.5.